The van der Waals surface area contributed by atoms with Gasteiger partial charge < -0.3 is 4.42 Å². The third-order valence-electron chi connectivity index (χ3n) is 1.75. The predicted molar refractivity (Wildman–Crippen MR) is 43.2 cm³/mol. The van der Waals surface area contributed by atoms with E-state index in [1.54, 1.807) is 17.5 Å². The number of rotatable bonds is 0. The first-order valence-corrected chi connectivity index (χ1v) is 3.62. The summed E-state index contributed by atoms with van der Waals surface area (Å²) in [6, 6.07) is 0. The Kier molecular flexibility index (Phi) is 1.30. The molecule has 2 aromatic heterocycles. The second-order valence-corrected chi connectivity index (χ2v) is 2.73. The first-order valence-electron chi connectivity index (χ1n) is 3.62. The first kappa shape index (κ1) is 7.09. The molecule has 0 saturated carbocycles. The summed E-state index contributed by atoms with van der Waals surface area (Å²) in [4.78, 5) is 14.7. The summed E-state index contributed by atoms with van der Waals surface area (Å²) in [6.07, 6.45) is 3.25. The van der Waals surface area contributed by atoms with E-state index in [1.165, 1.54) is 6.33 Å². The van der Waals surface area contributed by atoms with E-state index in [0.29, 0.717) is 11.3 Å². The van der Waals surface area contributed by atoms with E-state index in [1.807, 2.05) is 6.92 Å². The lowest BCUT2D eigenvalue weighted by Gasteiger charge is -1.91. The van der Waals surface area contributed by atoms with Gasteiger partial charge in [0.25, 0.3) is 5.56 Å². The van der Waals surface area contributed by atoms with Crippen LogP contribution >= 0.6 is 0 Å². The van der Waals surface area contributed by atoms with Gasteiger partial charge in [-0.1, -0.05) is 0 Å². The van der Waals surface area contributed by atoms with Crippen molar-refractivity contribution in [3.05, 3.63) is 34.2 Å². The van der Waals surface area contributed by atoms with Crippen LogP contribution in [-0.4, -0.2) is 9.38 Å². The van der Waals surface area contributed by atoms with E-state index in [4.69, 9.17) is 4.42 Å². The number of aryl methyl sites for hydroxylation is 2. The van der Waals surface area contributed by atoms with Crippen molar-refractivity contribution in [1.82, 2.24) is 9.38 Å². The van der Waals surface area contributed by atoms with Crippen molar-refractivity contribution in [3.8, 4) is 0 Å². The standard InChI is InChI=1S/C8H8N2O2/c1-5-3-10-4-9-7(11)6(2)8(10)12-5/h3-4H,1-2H3. The average Bonchev–Trinajstić information content (AvgIpc) is 2.39. The topological polar surface area (TPSA) is 47.5 Å². The molecule has 0 N–H and O–H groups in total. The van der Waals surface area contributed by atoms with Crippen LogP contribution in [0.15, 0.2) is 21.7 Å². The van der Waals surface area contributed by atoms with E-state index in [2.05, 4.69) is 4.98 Å². The summed E-state index contributed by atoms with van der Waals surface area (Å²) < 4.78 is 7.00. The molecule has 0 radical (unpaired) electrons. The molecule has 0 atom stereocenters. The monoisotopic (exact) mass is 164 g/mol. The van der Waals surface area contributed by atoms with Crippen LogP contribution in [0.4, 0.5) is 0 Å². The fourth-order valence-electron chi connectivity index (χ4n) is 1.14. The molecule has 62 valence electrons. The molecule has 2 heterocycles. The van der Waals surface area contributed by atoms with Gasteiger partial charge >= 0.3 is 0 Å². The molecule has 0 aliphatic carbocycles. The smallest absolute Gasteiger partial charge is 0.279 e. The maximum atomic E-state index is 11.1. The lowest BCUT2D eigenvalue weighted by atomic mass is 10.4. The minimum absolute atomic E-state index is 0.232. The van der Waals surface area contributed by atoms with Crippen molar-refractivity contribution in [2.75, 3.05) is 0 Å². The Morgan fingerprint density at radius 3 is 3.00 bits per heavy atom. The molecule has 0 saturated heterocycles. The molecule has 0 spiro atoms. The van der Waals surface area contributed by atoms with Crippen LogP contribution in [0, 0.1) is 13.8 Å². The molecule has 0 fully saturated rings. The van der Waals surface area contributed by atoms with Crippen LogP contribution in [0.5, 0.6) is 0 Å². The number of aromatic nitrogens is 2. The van der Waals surface area contributed by atoms with Gasteiger partial charge in [0, 0.05) is 0 Å². The molecule has 2 rings (SSSR count). The molecular weight excluding hydrogens is 156 g/mol. The minimum atomic E-state index is -0.232. The fraction of sp³-hybridized carbons (Fsp3) is 0.250. The lowest BCUT2D eigenvalue weighted by Crippen LogP contribution is -2.10. The second-order valence-electron chi connectivity index (χ2n) is 2.73. The Morgan fingerprint density at radius 2 is 2.25 bits per heavy atom. The van der Waals surface area contributed by atoms with Gasteiger partial charge in [-0.2, -0.15) is 4.98 Å². The van der Waals surface area contributed by atoms with E-state index >= 15 is 0 Å². The number of hydrogen-bond donors (Lipinski definition) is 0. The highest BCUT2D eigenvalue weighted by Crippen LogP contribution is 2.08. The van der Waals surface area contributed by atoms with E-state index in [-0.39, 0.29) is 5.56 Å². The van der Waals surface area contributed by atoms with Gasteiger partial charge in [-0.05, 0) is 13.8 Å². The largest absolute Gasteiger partial charge is 0.443 e. The molecule has 0 aromatic carbocycles. The highest BCUT2D eigenvalue weighted by molar-refractivity contribution is 5.41. The molecule has 0 aliphatic rings. The van der Waals surface area contributed by atoms with Crippen LogP contribution in [0.2, 0.25) is 0 Å². The zero-order valence-corrected chi connectivity index (χ0v) is 6.87. The number of nitrogens with zero attached hydrogens (tertiary/aromatic N) is 2. The zero-order chi connectivity index (χ0) is 8.72. The average molecular weight is 164 g/mol. The third-order valence-corrected chi connectivity index (χ3v) is 1.75. The Labute approximate surface area is 68.5 Å². The van der Waals surface area contributed by atoms with Crippen molar-refractivity contribution in [1.29, 1.82) is 0 Å². The Morgan fingerprint density at radius 1 is 1.50 bits per heavy atom. The van der Waals surface area contributed by atoms with Crippen LogP contribution in [0.3, 0.4) is 0 Å². The minimum Gasteiger partial charge on any atom is -0.443 e. The van der Waals surface area contributed by atoms with Crippen LogP contribution < -0.4 is 5.56 Å². The zero-order valence-electron chi connectivity index (χ0n) is 6.87. The SMILES string of the molecule is Cc1cn2cnc(=O)c(C)c2o1. The molecule has 4 heteroatoms. The maximum absolute atomic E-state index is 11.1. The van der Waals surface area contributed by atoms with E-state index < -0.39 is 0 Å². The van der Waals surface area contributed by atoms with E-state index in [9.17, 15) is 4.79 Å². The highest BCUT2D eigenvalue weighted by atomic mass is 16.3. The van der Waals surface area contributed by atoms with Crippen molar-refractivity contribution in [3.63, 3.8) is 0 Å². The van der Waals surface area contributed by atoms with Gasteiger partial charge in [0.05, 0.1) is 11.8 Å². The normalized spacial score (nSPS) is 10.8. The van der Waals surface area contributed by atoms with Crippen molar-refractivity contribution in [2.45, 2.75) is 13.8 Å². The van der Waals surface area contributed by atoms with Gasteiger partial charge in [-0.3, -0.25) is 9.20 Å². The molecule has 0 unspecified atom stereocenters. The summed E-state index contributed by atoms with van der Waals surface area (Å²) in [6.45, 7) is 3.53. The highest BCUT2D eigenvalue weighted by Gasteiger charge is 2.04. The lowest BCUT2D eigenvalue weighted by molar-refractivity contribution is 0.568. The molecule has 12 heavy (non-hydrogen) atoms. The van der Waals surface area contributed by atoms with E-state index in [0.717, 1.165) is 5.76 Å². The van der Waals surface area contributed by atoms with Gasteiger partial charge in [0.1, 0.15) is 12.1 Å². The van der Waals surface area contributed by atoms with Gasteiger partial charge in [-0.15, -0.1) is 0 Å². The number of oxazole rings is 1. The van der Waals surface area contributed by atoms with Gasteiger partial charge in [0.2, 0.25) is 5.71 Å². The van der Waals surface area contributed by atoms with Gasteiger partial charge in [0.15, 0.2) is 0 Å². The van der Waals surface area contributed by atoms with Crippen LogP contribution in [0.25, 0.3) is 5.71 Å². The summed E-state index contributed by atoms with van der Waals surface area (Å²) in [7, 11) is 0. The Bertz CT molecular complexity index is 481. The second kappa shape index (κ2) is 2.20. The first-order chi connectivity index (χ1) is 5.68. The molecule has 0 amide bonds. The molecule has 0 bridgehead atoms. The number of fused-ring (bicyclic) bond motifs is 1. The molecular formula is C8H8N2O2. The van der Waals surface area contributed by atoms with Gasteiger partial charge in [-0.25, -0.2) is 0 Å². The molecule has 2 aromatic rings. The molecule has 0 aliphatic heterocycles. The molecule has 4 nitrogen and oxygen atoms in total. The van der Waals surface area contributed by atoms with Crippen molar-refractivity contribution >= 4 is 5.71 Å². The Hall–Kier alpha value is -1.58. The predicted octanol–water partition coefficient (Wildman–Crippen LogP) is 0.904. The summed E-state index contributed by atoms with van der Waals surface area (Å²) >= 11 is 0. The summed E-state index contributed by atoms with van der Waals surface area (Å²) in [5.74, 6) is 0.769. The Balaban J connectivity index is 2.99. The fourth-order valence-corrected chi connectivity index (χ4v) is 1.14. The van der Waals surface area contributed by atoms with Crippen molar-refractivity contribution < 1.29 is 4.42 Å². The van der Waals surface area contributed by atoms with Crippen LogP contribution in [0.1, 0.15) is 11.3 Å². The summed E-state index contributed by atoms with van der Waals surface area (Å²) in [5.41, 5.74) is 0.891. The quantitative estimate of drug-likeness (QED) is 0.581. The third kappa shape index (κ3) is 0.845. The summed E-state index contributed by atoms with van der Waals surface area (Å²) in [5, 5.41) is 0. The van der Waals surface area contributed by atoms with Crippen molar-refractivity contribution in [2.24, 2.45) is 0 Å². The number of hydrogen-bond acceptors (Lipinski definition) is 3. The van der Waals surface area contributed by atoms with Crippen LogP contribution in [-0.2, 0) is 0 Å². The maximum Gasteiger partial charge on any atom is 0.279 e.